The molecule has 0 bridgehead atoms. The summed E-state index contributed by atoms with van der Waals surface area (Å²) >= 11 is 0.791. The molecule has 0 fully saturated rings. The third-order valence-corrected chi connectivity index (χ3v) is 7.06. The van der Waals surface area contributed by atoms with Crippen LogP contribution in [0.2, 0.25) is 0 Å². The van der Waals surface area contributed by atoms with Crippen molar-refractivity contribution in [2.24, 2.45) is 0 Å². The first-order valence-corrected chi connectivity index (χ1v) is 12.2. The number of methoxy groups -OCH3 is 1. The third kappa shape index (κ3) is 4.96. The molecule has 0 unspecified atom stereocenters. The maximum atomic E-state index is 13.9. The number of nitrogen functional groups attached to an aromatic ring is 1. The SMILES string of the molecule is CCOC(=O)C1=c2/c(=C/c3cccc([N+](=O)[O-])c3)c(N)c(C(=O)OC)n2C(=O)[C@H](c2cccc([N+](=O)[O-])c2)S1. The van der Waals surface area contributed by atoms with E-state index in [1.807, 2.05) is 0 Å². The molecule has 1 atom stereocenters. The molecule has 2 N–H and O–H groups in total. The fourth-order valence-corrected chi connectivity index (χ4v) is 5.28. The van der Waals surface area contributed by atoms with E-state index in [4.69, 9.17) is 15.2 Å². The summed E-state index contributed by atoms with van der Waals surface area (Å²) in [7, 11) is 1.09. The minimum absolute atomic E-state index is 0.0116. The van der Waals surface area contributed by atoms with E-state index in [-0.39, 0.29) is 50.4 Å². The number of esters is 2. The molecule has 1 aliphatic heterocycles. The predicted octanol–water partition coefficient (Wildman–Crippen LogP) is 2.30. The Hall–Kier alpha value is -4.98. The van der Waals surface area contributed by atoms with E-state index in [0.717, 1.165) is 23.4 Å². The summed E-state index contributed by atoms with van der Waals surface area (Å²) in [5, 5.41) is 21.4. The van der Waals surface area contributed by atoms with Crippen molar-refractivity contribution in [2.75, 3.05) is 19.5 Å². The second-order valence-electron chi connectivity index (χ2n) is 8.09. The molecule has 200 valence electrons. The fourth-order valence-electron chi connectivity index (χ4n) is 4.09. The Morgan fingerprint density at radius 3 is 2.33 bits per heavy atom. The first kappa shape index (κ1) is 27.1. The zero-order valence-corrected chi connectivity index (χ0v) is 21.3. The van der Waals surface area contributed by atoms with Crippen LogP contribution in [0.15, 0.2) is 48.5 Å². The highest BCUT2D eigenvalue weighted by molar-refractivity contribution is 8.10. The van der Waals surface area contributed by atoms with Gasteiger partial charge in [-0.05, 0) is 24.1 Å². The van der Waals surface area contributed by atoms with Crippen molar-refractivity contribution in [1.82, 2.24) is 4.57 Å². The van der Waals surface area contributed by atoms with Crippen LogP contribution in [0.3, 0.4) is 0 Å². The van der Waals surface area contributed by atoms with Crippen molar-refractivity contribution < 1.29 is 33.7 Å². The van der Waals surface area contributed by atoms with Crippen molar-refractivity contribution in [1.29, 1.82) is 0 Å². The number of anilines is 1. The van der Waals surface area contributed by atoms with Crippen LogP contribution in [0.5, 0.6) is 0 Å². The topological polar surface area (TPSA) is 187 Å². The van der Waals surface area contributed by atoms with Crippen LogP contribution in [0.4, 0.5) is 17.1 Å². The maximum absolute atomic E-state index is 13.9. The molecule has 1 aliphatic rings. The Morgan fingerprint density at radius 2 is 1.72 bits per heavy atom. The first-order chi connectivity index (χ1) is 18.6. The number of thioether (sulfide) groups is 1. The number of nitrogens with two attached hydrogens (primary N) is 1. The van der Waals surface area contributed by atoms with E-state index >= 15 is 0 Å². The molecule has 3 aromatic rings. The number of hydrogen-bond donors (Lipinski definition) is 1. The van der Waals surface area contributed by atoms with Crippen LogP contribution < -0.4 is 16.3 Å². The zero-order chi connectivity index (χ0) is 28.4. The largest absolute Gasteiger partial charge is 0.464 e. The molecule has 2 heterocycles. The molecule has 13 nitrogen and oxygen atoms in total. The smallest absolute Gasteiger partial charge is 0.357 e. The Balaban J connectivity index is 2.09. The number of rotatable bonds is 7. The summed E-state index contributed by atoms with van der Waals surface area (Å²) in [6, 6.07) is 10.9. The third-order valence-electron chi connectivity index (χ3n) is 5.76. The number of nitro groups is 2. The van der Waals surface area contributed by atoms with E-state index in [9.17, 15) is 34.6 Å². The molecule has 39 heavy (non-hydrogen) atoms. The molecule has 0 radical (unpaired) electrons. The molecule has 14 heteroatoms. The lowest BCUT2D eigenvalue weighted by molar-refractivity contribution is -0.385. The van der Waals surface area contributed by atoms with Gasteiger partial charge in [-0.2, -0.15) is 0 Å². The van der Waals surface area contributed by atoms with Gasteiger partial charge in [0.1, 0.15) is 10.2 Å². The van der Waals surface area contributed by atoms with E-state index in [0.29, 0.717) is 5.56 Å². The number of hydrogen-bond acceptors (Lipinski definition) is 11. The fraction of sp³-hybridized carbons (Fsp3) is 0.160. The monoisotopic (exact) mass is 552 g/mol. The van der Waals surface area contributed by atoms with Crippen molar-refractivity contribution in [3.05, 3.63) is 96.1 Å². The molecule has 0 spiro atoms. The Labute approximate surface area is 223 Å². The van der Waals surface area contributed by atoms with Gasteiger partial charge in [0.05, 0.1) is 34.6 Å². The van der Waals surface area contributed by atoms with Gasteiger partial charge in [0.2, 0.25) is 5.91 Å². The lowest BCUT2D eigenvalue weighted by Crippen LogP contribution is -2.42. The molecular weight excluding hydrogens is 532 g/mol. The molecule has 0 aliphatic carbocycles. The Morgan fingerprint density at radius 1 is 1.08 bits per heavy atom. The van der Waals surface area contributed by atoms with Crippen LogP contribution in [0.25, 0.3) is 11.0 Å². The minimum atomic E-state index is -1.18. The van der Waals surface area contributed by atoms with E-state index < -0.39 is 32.9 Å². The van der Waals surface area contributed by atoms with Gasteiger partial charge in [-0.1, -0.05) is 36.0 Å². The van der Waals surface area contributed by atoms with Crippen molar-refractivity contribution >= 4 is 57.7 Å². The van der Waals surface area contributed by atoms with Gasteiger partial charge in [-0.15, -0.1) is 0 Å². The number of benzene rings is 2. The summed E-state index contributed by atoms with van der Waals surface area (Å²) < 4.78 is 11.0. The second-order valence-corrected chi connectivity index (χ2v) is 9.20. The molecule has 0 saturated carbocycles. The molecule has 0 amide bonds. The van der Waals surface area contributed by atoms with Crippen LogP contribution in [-0.4, -0.2) is 46.0 Å². The number of carbonyl (C=O) groups excluding carboxylic acids is 3. The molecule has 4 rings (SSSR count). The lowest BCUT2D eigenvalue weighted by Gasteiger charge is -2.23. The molecule has 2 aromatic carbocycles. The number of fused-ring (bicyclic) bond motifs is 1. The predicted molar refractivity (Wildman–Crippen MR) is 140 cm³/mol. The number of nitro benzene ring substituents is 2. The lowest BCUT2D eigenvalue weighted by atomic mass is 10.1. The number of nitrogens with zero attached hydrogens (tertiary/aromatic N) is 3. The van der Waals surface area contributed by atoms with E-state index in [1.54, 1.807) is 13.0 Å². The van der Waals surface area contributed by atoms with Crippen LogP contribution >= 0.6 is 11.8 Å². The number of ether oxygens (including phenoxy) is 2. The molecular formula is C25H20N4O9S. The van der Waals surface area contributed by atoms with Gasteiger partial charge in [0.15, 0.2) is 5.69 Å². The quantitative estimate of drug-likeness (QED) is 0.257. The molecule has 1 aromatic heterocycles. The summed E-state index contributed by atoms with van der Waals surface area (Å²) in [5.41, 5.74) is 5.80. The van der Waals surface area contributed by atoms with Crippen molar-refractivity contribution in [2.45, 2.75) is 12.2 Å². The van der Waals surface area contributed by atoms with Crippen LogP contribution in [0.1, 0.15) is 38.6 Å². The van der Waals surface area contributed by atoms with Gasteiger partial charge in [-0.25, -0.2) is 9.59 Å². The highest BCUT2D eigenvalue weighted by atomic mass is 32.2. The number of carbonyl (C=O) groups is 3. The molecule has 0 saturated heterocycles. The normalized spacial score (nSPS) is 15.0. The van der Waals surface area contributed by atoms with Crippen molar-refractivity contribution in [3.63, 3.8) is 0 Å². The van der Waals surface area contributed by atoms with Crippen LogP contribution in [0, 0.1) is 20.2 Å². The number of non-ortho nitro benzene ring substituents is 2. The average Bonchev–Trinajstić information content (AvgIpc) is 3.21. The van der Waals surface area contributed by atoms with E-state index in [1.165, 1.54) is 48.5 Å². The summed E-state index contributed by atoms with van der Waals surface area (Å²) in [5.74, 6) is -2.52. The zero-order valence-electron chi connectivity index (χ0n) is 20.5. The van der Waals surface area contributed by atoms with Crippen LogP contribution in [-0.2, 0) is 14.3 Å². The highest BCUT2D eigenvalue weighted by Crippen LogP contribution is 2.40. The maximum Gasteiger partial charge on any atom is 0.357 e. The summed E-state index contributed by atoms with van der Waals surface area (Å²) in [4.78, 5) is 61.2. The minimum Gasteiger partial charge on any atom is -0.464 e. The highest BCUT2D eigenvalue weighted by Gasteiger charge is 2.38. The first-order valence-electron chi connectivity index (χ1n) is 11.3. The van der Waals surface area contributed by atoms with Crippen molar-refractivity contribution in [3.8, 4) is 0 Å². The summed E-state index contributed by atoms with van der Waals surface area (Å²) in [6.45, 7) is 1.57. The van der Waals surface area contributed by atoms with E-state index in [2.05, 4.69) is 0 Å². The van der Waals surface area contributed by atoms with Gasteiger partial charge in [-0.3, -0.25) is 29.6 Å². The van der Waals surface area contributed by atoms with Gasteiger partial charge < -0.3 is 15.2 Å². The average molecular weight is 553 g/mol. The Kier molecular flexibility index (Phi) is 7.49. The number of aromatic nitrogens is 1. The van der Waals surface area contributed by atoms with Gasteiger partial charge in [0.25, 0.3) is 11.4 Å². The standard InChI is InChI=1S/C25H20N4O9S/c1-3-38-25(32)22-19-17(11-13-6-4-8-15(10-13)28(33)34)18(26)20(24(31)37-2)27(19)23(30)21(39-22)14-7-5-9-16(12-14)29(35)36/h4-12,21H,3,26H2,1-2H3/b17-11+/t21-/m0/s1. The van der Waals surface area contributed by atoms with Gasteiger partial charge in [0, 0.05) is 29.5 Å². The second kappa shape index (κ2) is 10.8. The van der Waals surface area contributed by atoms with Gasteiger partial charge >= 0.3 is 11.9 Å². The Bertz CT molecular complexity index is 1680. The summed E-state index contributed by atoms with van der Waals surface area (Å²) in [6.07, 6.45) is 1.40.